The maximum absolute atomic E-state index is 13.0. The predicted octanol–water partition coefficient (Wildman–Crippen LogP) is 0.980. The Morgan fingerprint density at radius 1 is 1.00 bits per heavy atom. The molecular weight excluding hydrogens is 454 g/mol. The van der Waals surface area contributed by atoms with Crippen molar-refractivity contribution >= 4 is 51.1 Å². The normalized spacial score (nSPS) is 30.6. The van der Waals surface area contributed by atoms with E-state index in [1.54, 1.807) is 16.9 Å². The Balaban J connectivity index is 2.40. The fourth-order valence-corrected chi connectivity index (χ4v) is 5.39. The Hall–Kier alpha value is -2.01. The molecular formula is C21H31N3O6S2. The molecule has 0 radical (unpaired) electrons. The van der Waals surface area contributed by atoms with Crippen LogP contribution < -0.4 is 16.0 Å². The summed E-state index contributed by atoms with van der Waals surface area (Å²) in [5.41, 5.74) is 0. The number of carbonyl (C=O) groups is 5. The molecule has 11 heteroatoms. The Kier molecular flexibility index (Phi) is 10.6. The first-order chi connectivity index (χ1) is 15.2. The van der Waals surface area contributed by atoms with Gasteiger partial charge in [-0.15, -0.1) is 0 Å². The maximum atomic E-state index is 13.0. The second-order valence-corrected chi connectivity index (χ2v) is 10.8. The molecule has 0 aromatic carbocycles. The number of amides is 3. The van der Waals surface area contributed by atoms with E-state index in [4.69, 9.17) is 4.74 Å². The molecule has 2 heterocycles. The van der Waals surface area contributed by atoms with Gasteiger partial charge < -0.3 is 20.7 Å². The van der Waals surface area contributed by atoms with Crippen molar-refractivity contribution in [3.05, 3.63) is 12.2 Å². The number of hydrogen-bond donors (Lipinski definition) is 3. The summed E-state index contributed by atoms with van der Waals surface area (Å²) < 4.78 is 5.40. The lowest BCUT2D eigenvalue weighted by atomic mass is 9.88. The molecule has 2 bridgehead atoms. The summed E-state index contributed by atoms with van der Waals surface area (Å²) in [5.74, 6) is -2.06. The Morgan fingerprint density at radius 3 is 2.47 bits per heavy atom. The van der Waals surface area contributed by atoms with Crippen LogP contribution in [-0.4, -0.2) is 65.7 Å². The zero-order valence-corrected chi connectivity index (χ0v) is 20.2. The van der Waals surface area contributed by atoms with Crippen molar-refractivity contribution in [2.24, 2.45) is 11.8 Å². The highest BCUT2D eigenvalue weighted by molar-refractivity contribution is 8.76. The molecule has 2 unspecified atom stereocenters. The highest BCUT2D eigenvalue weighted by Crippen LogP contribution is 2.25. The number of rotatable bonds is 1. The highest BCUT2D eigenvalue weighted by Gasteiger charge is 2.31. The number of nitrogens with one attached hydrogen (secondary N) is 3. The minimum Gasteiger partial charge on any atom is -0.456 e. The number of hydrogen-bond acceptors (Lipinski definition) is 8. The summed E-state index contributed by atoms with van der Waals surface area (Å²) in [4.78, 5) is 63.1. The Bertz CT molecular complexity index is 758. The third-order valence-corrected chi connectivity index (χ3v) is 7.58. The lowest BCUT2D eigenvalue weighted by Crippen LogP contribution is -2.55. The molecule has 32 heavy (non-hydrogen) atoms. The van der Waals surface area contributed by atoms with Crippen LogP contribution in [0.25, 0.3) is 0 Å². The standard InChI is InChI=1S/C21H31N3O6S2/c1-12(2)16-9-14(25)8-15-6-4-5-7-31-32-11-17(24-20(16)28)21(29)23-13(3)19(27)22-10-18(26)30-15/h4,6,12-13,15-17H,5,7-11H2,1-3H3,(H,22,27)(H,23,29)(H,24,28)/b6-4+/t13-,15?,16+,17?/m0/s1. The van der Waals surface area contributed by atoms with Gasteiger partial charge in [-0.3, -0.25) is 24.0 Å². The fourth-order valence-electron chi connectivity index (χ4n) is 3.24. The first-order valence-corrected chi connectivity index (χ1v) is 13.2. The van der Waals surface area contributed by atoms with E-state index in [-0.39, 0.29) is 37.0 Å². The molecule has 9 nitrogen and oxygen atoms in total. The van der Waals surface area contributed by atoms with Crippen LogP contribution in [0.1, 0.15) is 40.0 Å². The van der Waals surface area contributed by atoms with Gasteiger partial charge in [0.05, 0.1) is 0 Å². The van der Waals surface area contributed by atoms with Gasteiger partial charge in [-0.2, -0.15) is 0 Å². The Morgan fingerprint density at radius 2 is 1.75 bits per heavy atom. The number of ether oxygens (including phenoxy) is 1. The van der Waals surface area contributed by atoms with Crippen molar-refractivity contribution in [3.63, 3.8) is 0 Å². The van der Waals surface area contributed by atoms with Crippen molar-refractivity contribution in [2.45, 2.75) is 58.2 Å². The number of Topliss-reactive ketones (excluding diaryl/α,β-unsaturated/α-hetero) is 1. The van der Waals surface area contributed by atoms with Crippen molar-refractivity contribution in [1.29, 1.82) is 0 Å². The number of carbonyl (C=O) groups excluding carboxylic acids is 5. The van der Waals surface area contributed by atoms with E-state index in [1.165, 1.54) is 17.7 Å². The molecule has 3 amide bonds. The third kappa shape index (κ3) is 8.50. The molecule has 0 aromatic rings. The Labute approximate surface area is 196 Å². The van der Waals surface area contributed by atoms with Crippen LogP contribution in [-0.2, 0) is 28.7 Å². The molecule has 1 saturated heterocycles. The second kappa shape index (κ2) is 12.9. The lowest BCUT2D eigenvalue weighted by molar-refractivity contribution is -0.148. The molecule has 0 aliphatic carbocycles. The quantitative estimate of drug-likeness (QED) is 0.285. The third-order valence-electron chi connectivity index (χ3n) is 5.13. The topological polar surface area (TPSA) is 131 Å². The van der Waals surface area contributed by atoms with Gasteiger partial charge in [0.25, 0.3) is 0 Å². The van der Waals surface area contributed by atoms with Crippen LogP contribution in [0.4, 0.5) is 0 Å². The second-order valence-electron chi connectivity index (χ2n) is 8.16. The van der Waals surface area contributed by atoms with E-state index in [0.29, 0.717) is 12.2 Å². The van der Waals surface area contributed by atoms with Crippen LogP contribution in [0.15, 0.2) is 12.2 Å². The number of allylic oxidation sites excluding steroid dienone is 1. The average molecular weight is 486 g/mol. The van der Waals surface area contributed by atoms with E-state index < -0.39 is 41.9 Å². The van der Waals surface area contributed by atoms with Crippen LogP contribution in [0.3, 0.4) is 0 Å². The predicted molar refractivity (Wildman–Crippen MR) is 124 cm³/mol. The fraction of sp³-hybridized carbons (Fsp3) is 0.667. The first-order valence-electron chi connectivity index (χ1n) is 10.7. The highest BCUT2D eigenvalue weighted by atomic mass is 33.1. The number of fused-ring (bicyclic) bond motifs is 7. The number of ketones is 1. The molecule has 1 fully saturated rings. The van der Waals surface area contributed by atoms with E-state index in [0.717, 1.165) is 5.75 Å². The van der Waals surface area contributed by atoms with Crippen molar-refractivity contribution in [1.82, 2.24) is 16.0 Å². The SMILES string of the molecule is CC(C)[C@H]1CC(=O)CC2/C=C/CCSSCC(NC1=O)C(=O)N[C@@H](C)C(=O)NCC(=O)O2. The smallest absolute Gasteiger partial charge is 0.326 e. The van der Waals surface area contributed by atoms with Gasteiger partial charge in [0, 0.05) is 30.3 Å². The molecule has 0 spiro atoms. The molecule has 2 rings (SSSR count). The monoisotopic (exact) mass is 485 g/mol. The molecule has 0 saturated carbocycles. The van der Waals surface area contributed by atoms with E-state index in [2.05, 4.69) is 16.0 Å². The summed E-state index contributed by atoms with van der Waals surface area (Å²) >= 11 is 0. The van der Waals surface area contributed by atoms with Gasteiger partial charge >= 0.3 is 5.97 Å². The zero-order valence-electron chi connectivity index (χ0n) is 18.6. The minimum atomic E-state index is -0.908. The van der Waals surface area contributed by atoms with E-state index in [9.17, 15) is 24.0 Å². The summed E-state index contributed by atoms with van der Waals surface area (Å²) in [5, 5.41) is 7.80. The minimum absolute atomic E-state index is 0.0191. The molecule has 4 atom stereocenters. The van der Waals surface area contributed by atoms with Crippen molar-refractivity contribution in [2.75, 3.05) is 18.1 Å². The molecule has 2 aliphatic rings. The lowest BCUT2D eigenvalue weighted by Gasteiger charge is -2.25. The molecule has 0 aromatic heterocycles. The summed E-state index contributed by atoms with van der Waals surface area (Å²) in [7, 11) is 3.00. The zero-order chi connectivity index (χ0) is 23.7. The van der Waals surface area contributed by atoms with Crippen LogP contribution in [0, 0.1) is 11.8 Å². The summed E-state index contributed by atoms with van der Waals surface area (Å²) in [6.45, 7) is 4.80. The molecule has 2 aliphatic heterocycles. The largest absolute Gasteiger partial charge is 0.456 e. The van der Waals surface area contributed by atoms with Gasteiger partial charge in [0.15, 0.2) is 0 Å². The van der Waals surface area contributed by atoms with Gasteiger partial charge in [0.2, 0.25) is 17.7 Å². The summed E-state index contributed by atoms with van der Waals surface area (Å²) in [6, 6.07) is -1.77. The van der Waals surface area contributed by atoms with Crippen molar-refractivity contribution < 1.29 is 28.7 Å². The van der Waals surface area contributed by atoms with E-state index >= 15 is 0 Å². The van der Waals surface area contributed by atoms with Crippen LogP contribution >= 0.6 is 21.6 Å². The average Bonchev–Trinajstić information content (AvgIpc) is 2.72. The van der Waals surface area contributed by atoms with Gasteiger partial charge in [-0.25, -0.2) is 0 Å². The van der Waals surface area contributed by atoms with Gasteiger partial charge in [0.1, 0.15) is 30.5 Å². The first kappa shape index (κ1) is 26.2. The molecule has 3 N–H and O–H groups in total. The van der Waals surface area contributed by atoms with Crippen molar-refractivity contribution in [3.8, 4) is 0 Å². The maximum Gasteiger partial charge on any atom is 0.326 e. The van der Waals surface area contributed by atoms with Crippen LogP contribution in [0.5, 0.6) is 0 Å². The van der Waals surface area contributed by atoms with Crippen LogP contribution in [0.2, 0.25) is 0 Å². The number of esters is 1. The van der Waals surface area contributed by atoms with Gasteiger partial charge in [-0.1, -0.05) is 41.5 Å². The molecule has 178 valence electrons. The van der Waals surface area contributed by atoms with Gasteiger partial charge in [-0.05, 0) is 25.3 Å². The van der Waals surface area contributed by atoms with E-state index in [1.807, 2.05) is 19.9 Å². The summed E-state index contributed by atoms with van der Waals surface area (Å²) in [6.07, 6.45) is 3.37.